The van der Waals surface area contributed by atoms with E-state index < -0.39 is 0 Å². The van der Waals surface area contributed by atoms with E-state index in [9.17, 15) is 0 Å². The number of rotatable bonds is 3. The van der Waals surface area contributed by atoms with Crippen molar-refractivity contribution in [2.45, 2.75) is 0 Å². The summed E-state index contributed by atoms with van der Waals surface area (Å²) in [6, 6.07) is 66.9. The first kappa shape index (κ1) is 30.2. The zero-order valence-corrected chi connectivity index (χ0v) is 29.9. The van der Waals surface area contributed by atoms with Crippen LogP contribution < -0.4 is 0 Å². The number of fused-ring (bicyclic) bond motifs is 8. The molecular weight excluding hydrogens is 665 g/mol. The van der Waals surface area contributed by atoms with Crippen molar-refractivity contribution in [1.82, 2.24) is 9.38 Å². The molecule has 55 heavy (non-hydrogen) atoms. The van der Waals surface area contributed by atoms with Crippen LogP contribution in [0.4, 0.5) is 0 Å². The van der Waals surface area contributed by atoms with Crippen LogP contribution in [-0.4, -0.2) is 9.38 Å². The van der Waals surface area contributed by atoms with Crippen LogP contribution in [0.1, 0.15) is 0 Å². The number of aromatic nitrogens is 2. The van der Waals surface area contributed by atoms with Gasteiger partial charge in [-0.2, -0.15) is 0 Å². The first-order valence-corrected chi connectivity index (χ1v) is 19.0. The fourth-order valence-corrected chi connectivity index (χ4v) is 9.43. The molecule has 0 bridgehead atoms. The molecule has 0 aliphatic heterocycles. The standard InChI is InChI=1S/C53H32N2/c1-3-16-38-36(14-1)37-15-2-4-17-39(37)41-23-12-24-46-47(31-35-13-11-22-40(38)51(35)53(41)46)33-26-28-34(29-27-33)50-42-18-5-7-20-44(42)52(45-21-8-6-19-43(45)50)48-32-55-30-10-9-25-49(55)54-48/h1-32H. The summed E-state index contributed by atoms with van der Waals surface area (Å²) in [6.07, 6.45) is 4.22. The third kappa shape index (κ3) is 4.40. The Morgan fingerprint density at radius 1 is 0.345 bits per heavy atom. The van der Waals surface area contributed by atoms with Gasteiger partial charge in [0.2, 0.25) is 0 Å². The molecule has 10 aromatic carbocycles. The molecule has 0 unspecified atom stereocenters. The number of imidazole rings is 1. The van der Waals surface area contributed by atoms with Gasteiger partial charge >= 0.3 is 0 Å². The molecule has 2 nitrogen and oxygen atoms in total. The largest absolute Gasteiger partial charge is 0.306 e. The lowest BCUT2D eigenvalue weighted by Crippen LogP contribution is -1.91. The van der Waals surface area contributed by atoms with Crippen LogP contribution in [0, 0.1) is 0 Å². The van der Waals surface area contributed by atoms with Gasteiger partial charge in [0.25, 0.3) is 0 Å². The van der Waals surface area contributed by atoms with Gasteiger partial charge in [0, 0.05) is 18.0 Å². The Labute approximate surface area is 317 Å². The third-order valence-electron chi connectivity index (χ3n) is 11.8. The zero-order valence-electron chi connectivity index (χ0n) is 29.9. The van der Waals surface area contributed by atoms with E-state index in [1.54, 1.807) is 0 Å². The smallest absolute Gasteiger partial charge is 0.137 e. The Kier molecular flexibility index (Phi) is 6.37. The van der Waals surface area contributed by atoms with E-state index >= 15 is 0 Å². The summed E-state index contributed by atoms with van der Waals surface area (Å²) < 4.78 is 2.11. The molecule has 0 spiro atoms. The number of benzene rings is 9. The molecule has 0 N–H and O–H groups in total. The summed E-state index contributed by atoms with van der Waals surface area (Å²) in [5.74, 6) is 0. The molecule has 254 valence electrons. The van der Waals surface area contributed by atoms with Gasteiger partial charge in [-0.15, -0.1) is 0 Å². The monoisotopic (exact) mass is 696 g/mol. The van der Waals surface area contributed by atoms with Gasteiger partial charge in [-0.25, -0.2) is 4.98 Å². The van der Waals surface area contributed by atoms with E-state index in [1.165, 1.54) is 103 Å². The molecule has 2 aromatic heterocycles. The van der Waals surface area contributed by atoms with E-state index in [-0.39, 0.29) is 0 Å². The summed E-state index contributed by atoms with van der Waals surface area (Å²) >= 11 is 0. The Morgan fingerprint density at radius 2 is 0.818 bits per heavy atom. The molecule has 2 heterocycles. The van der Waals surface area contributed by atoms with Gasteiger partial charge in [0.1, 0.15) is 5.65 Å². The fourth-order valence-electron chi connectivity index (χ4n) is 9.43. The molecule has 12 rings (SSSR count). The highest BCUT2D eigenvalue weighted by Gasteiger charge is 2.20. The second-order valence-corrected chi connectivity index (χ2v) is 14.7. The topological polar surface area (TPSA) is 17.3 Å². The highest BCUT2D eigenvalue weighted by Crippen LogP contribution is 2.46. The number of hydrogen-bond donors (Lipinski definition) is 0. The van der Waals surface area contributed by atoms with Crippen molar-refractivity contribution in [1.29, 1.82) is 0 Å². The van der Waals surface area contributed by atoms with E-state index in [4.69, 9.17) is 4.98 Å². The fraction of sp³-hybridized carbons (Fsp3) is 0. The average Bonchev–Trinajstić information content (AvgIpc) is 3.68. The van der Waals surface area contributed by atoms with Crippen molar-refractivity contribution >= 4 is 81.1 Å². The minimum Gasteiger partial charge on any atom is -0.306 e. The molecule has 0 saturated carbocycles. The minimum absolute atomic E-state index is 0.945. The van der Waals surface area contributed by atoms with Gasteiger partial charge < -0.3 is 4.40 Å². The molecule has 0 amide bonds. The van der Waals surface area contributed by atoms with Crippen molar-refractivity contribution in [3.8, 4) is 33.5 Å². The van der Waals surface area contributed by atoms with Crippen LogP contribution >= 0.6 is 0 Å². The van der Waals surface area contributed by atoms with Crippen molar-refractivity contribution in [2.24, 2.45) is 0 Å². The normalized spacial score (nSPS) is 12.0. The molecule has 12 aromatic rings. The lowest BCUT2D eigenvalue weighted by atomic mass is 9.85. The Morgan fingerprint density at radius 3 is 1.44 bits per heavy atom. The molecule has 0 atom stereocenters. The van der Waals surface area contributed by atoms with Crippen LogP contribution in [0.2, 0.25) is 0 Å². The highest BCUT2D eigenvalue weighted by molar-refractivity contribution is 6.34. The summed E-state index contributed by atoms with van der Waals surface area (Å²) in [7, 11) is 0. The zero-order chi connectivity index (χ0) is 36.0. The summed E-state index contributed by atoms with van der Waals surface area (Å²) in [4.78, 5) is 5.09. The maximum Gasteiger partial charge on any atom is 0.137 e. The average molecular weight is 697 g/mol. The highest BCUT2D eigenvalue weighted by atomic mass is 15.0. The summed E-state index contributed by atoms with van der Waals surface area (Å²) in [5.41, 5.74) is 8.00. The Bertz CT molecular complexity index is 3450. The minimum atomic E-state index is 0.945. The first-order valence-electron chi connectivity index (χ1n) is 19.0. The Hall–Kier alpha value is -7.29. The van der Waals surface area contributed by atoms with Gasteiger partial charge in [0.15, 0.2) is 0 Å². The Balaban J connectivity index is 1.11. The predicted octanol–water partition coefficient (Wildman–Crippen LogP) is 14.4. The summed E-state index contributed by atoms with van der Waals surface area (Å²) in [5, 5.41) is 17.7. The molecule has 0 fully saturated rings. The predicted molar refractivity (Wildman–Crippen MR) is 234 cm³/mol. The number of pyridine rings is 1. The number of nitrogens with zero attached hydrogens (tertiary/aromatic N) is 2. The van der Waals surface area contributed by atoms with E-state index in [2.05, 4.69) is 187 Å². The van der Waals surface area contributed by atoms with Gasteiger partial charge in [0.05, 0.1) is 5.69 Å². The van der Waals surface area contributed by atoms with Crippen molar-refractivity contribution in [2.75, 3.05) is 0 Å². The molecule has 0 radical (unpaired) electrons. The quantitative estimate of drug-likeness (QED) is 0.133. The third-order valence-corrected chi connectivity index (χ3v) is 11.8. The summed E-state index contributed by atoms with van der Waals surface area (Å²) in [6.45, 7) is 0. The molecule has 0 aliphatic rings. The molecule has 2 heteroatoms. The molecule has 0 saturated heterocycles. The van der Waals surface area contributed by atoms with Crippen LogP contribution in [0.3, 0.4) is 0 Å². The molecule has 0 aliphatic carbocycles. The van der Waals surface area contributed by atoms with E-state index in [0.717, 1.165) is 11.3 Å². The van der Waals surface area contributed by atoms with Crippen molar-refractivity contribution < 1.29 is 0 Å². The molecular formula is C53H32N2. The maximum absolute atomic E-state index is 5.09. The van der Waals surface area contributed by atoms with Gasteiger partial charge in [-0.05, 0) is 116 Å². The van der Waals surface area contributed by atoms with Crippen molar-refractivity contribution in [3.05, 3.63) is 194 Å². The van der Waals surface area contributed by atoms with E-state index in [1.807, 2.05) is 12.1 Å². The number of hydrogen-bond acceptors (Lipinski definition) is 1. The SMILES string of the molecule is c1ccc2c(-c3cn4ccccc4n3)c3ccccc3c(-c3ccc(-c4cc5cccc6c7ccccc7c7ccccc7c7cccc4c7c56)cc3)c2c1. The van der Waals surface area contributed by atoms with Crippen LogP contribution in [0.25, 0.3) is 115 Å². The van der Waals surface area contributed by atoms with Crippen molar-refractivity contribution in [3.63, 3.8) is 0 Å². The van der Waals surface area contributed by atoms with E-state index in [0.29, 0.717) is 0 Å². The second-order valence-electron chi connectivity index (χ2n) is 14.7. The lowest BCUT2D eigenvalue weighted by Gasteiger charge is -2.18. The van der Waals surface area contributed by atoms with Crippen LogP contribution in [0.5, 0.6) is 0 Å². The van der Waals surface area contributed by atoms with Crippen LogP contribution in [0.15, 0.2) is 194 Å². The second kappa shape index (κ2) is 11.6. The van der Waals surface area contributed by atoms with Gasteiger partial charge in [-0.3, -0.25) is 0 Å². The lowest BCUT2D eigenvalue weighted by molar-refractivity contribution is 1.19. The van der Waals surface area contributed by atoms with Gasteiger partial charge in [-0.1, -0.05) is 164 Å². The first-order chi connectivity index (χ1) is 27.3. The van der Waals surface area contributed by atoms with Crippen LogP contribution in [-0.2, 0) is 0 Å². The maximum atomic E-state index is 5.09.